The van der Waals surface area contributed by atoms with Crippen LogP contribution >= 0.6 is 0 Å². The average molecular weight is 253 g/mol. The molecule has 2 N–H and O–H groups in total. The van der Waals surface area contributed by atoms with Gasteiger partial charge in [0.1, 0.15) is 11.3 Å². The molecule has 2 rings (SSSR count). The summed E-state index contributed by atoms with van der Waals surface area (Å²) in [5.41, 5.74) is 5.67. The first-order chi connectivity index (χ1) is 8.71. The summed E-state index contributed by atoms with van der Waals surface area (Å²) in [6.45, 7) is 0.104. The highest BCUT2D eigenvalue weighted by Gasteiger charge is 2.21. The summed E-state index contributed by atoms with van der Waals surface area (Å²) < 4.78 is 28.7. The van der Waals surface area contributed by atoms with Crippen molar-refractivity contribution in [2.24, 2.45) is 5.73 Å². The SMILES string of the molecule is COc1ccc(F)c(OC)c1-c1noc(CN)n1. The molecule has 0 aliphatic heterocycles. The second-order valence-electron chi connectivity index (χ2n) is 3.37. The van der Waals surface area contributed by atoms with Crippen molar-refractivity contribution in [3.63, 3.8) is 0 Å². The molecule has 0 amide bonds. The first kappa shape index (κ1) is 12.3. The van der Waals surface area contributed by atoms with Crippen LogP contribution in [0.3, 0.4) is 0 Å². The lowest BCUT2D eigenvalue weighted by Gasteiger charge is -2.10. The van der Waals surface area contributed by atoms with Crippen LogP contribution in [0, 0.1) is 5.82 Å². The highest BCUT2D eigenvalue weighted by atomic mass is 19.1. The van der Waals surface area contributed by atoms with Crippen molar-refractivity contribution in [3.8, 4) is 22.9 Å². The monoisotopic (exact) mass is 253 g/mol. The second kappa shape index (κ2) is 5.01. The molecule has 0 spiro atoms. The molecule has 7 heteroatoms. The summed E-state index contributed by atoms with van der Waals surface area (Å²) in [7, 11) is 2.81. The molecular weight excluding hydrogens is 241 g/mol. The van der Waals surface area contributed by atoms with Crippen LogP contribution in [0.15, 0.2) is 16.7 Å². The van der Waals surface area contributed by atoms with Crippen LogP contribution < -0.4 is 15.2 Å². The molecule has 0 aliphatic carbocycles. The summed E-state index contributed by atoms with van der Waals surface area (Å²) in [5.74, 6) is 0.269. The quantitative estimate of drug-likeness (QED) is 0.885. The van der Waals surface area contributed by atoms with Crippen LogP contribution in [0.1, 0.15) is 5.89 Å². The number of benzene rings is 1. The number of nitrogens with two attached hydrogens (primary N) is 1. The Kier molecular flexibility index (Phi) is 3.42. The Bertz CT molecular complexity index is 556. The van der Waals surface area contributed by atoms with E-state index in [-0.39, 0.29) is 24.0 Å². The van der Waals surface area contributed by atoms with E-state index in [0.717, 1.165) is 0 Å². The minimum Gasteiger partial charge on any atom is -0.496 e. The van der Waals surface area contributed by atoms with Crippen LogP contribution in [0.25, 0.3) is 11.4 Å². The molecule has 2 aromatic rings. The fourth-order valence-corrected chi connectivity index (χ4v) is 1.56. The zero-order chi connectivity index (χ0) is 13.1. The van der Waals surface area contributed by atoms with Crippen molar-refractivity contribution in [1.82, 2.24) is 10.1 Å². The maximum Gasteiger partial charge on any atom is 0.240 e. The molecule has 0 saturated heterocycles. The Balaban J connectivity index is 2.63. The smallest absolute Gasteiger partial charge is 0.240 e. The van der Waals surface area contributed by atoms with E-state index in [2.05, 4.69) is 10.1 Å². The van der Waals surface area contributed by atoms with Crippen molar-refractivity contribution in [1.29, 1.82) is 0 Å². The van der Waals surface area contributed by atoms with E-state index in [1.807, 2.05) is 0 Å². The number of ether oxygens (including phenoxy) is 2. The molecule has 1 heterocycles. The summed E-state index contributed by atoms with van der Waals surface area (Å²) in [6.07, 6.45) is 0. The predicted octanol–water partition coefficient (Wildman–Crippen LogP) is 1.35. The van der Waals surface area contributed by atoms with Gasteiger partial charge in [-0.05, 0) is 12.1 Å². The molecule has 0 fully saturated rings. The number of aromatic nitrogens is 2. The van der Waals surface area contributed by atoms with Crippen LogP contribution in [0.5, 0.6) is 11.5 Å². The number of hydrogen-bond donors (Lipinski definition) is 1. The lowest BCUT2D eigenvalue weighted by Crippen LogP contribution is -1.98. The third-order valence-electron chi connectivity index (χ3n) is 2.36. The standard InChI is InChI=1S/C11H12FN3O3/c1-16-7-4-3-6(12)10(17-2)9(7)11-14-8(5-13)18-15-11/h3-4H,5,13H2,1-2H3. The first-order valence-corrected chi connectivity index (χ1v) is 5.14. The number of methoxy groups -OCH3 is 2. The lowest BCUT2D eigenvalue weighted by molar-refractivity contribution is 0.370. The van der Waals surface area contributed by atoms with Gasteiger partial charge in [-0.2, -0.15) is 4.98 Å². The summed E-state index contributed by atoms with van der Waals surface area (Å²) in [6, 6.07) is 2.71. The van der Waals surface area contributed by atoms with Crippen molar-refractivity contribution < 1.29 is 18.4 Å². The van der Waals surface area contributed by atoms with Crippen LogP contribution in [-0.2, 0) is 6.54 Å². The van der Waals surface area contributed by atoms with Crippen molar-refractivity contribution in [2.75, 3.05) is 14.2 Å². The van der Waals surface area contributed by atoms with Gasteiger partial charge in [0.15, 0.2) is 11.6 Å². The molecule has 6 nitrogen and oxygen atoms in total. The van der Waals surface area contributed by atoms with Crippen LogP contribution in [0.4, 0.5) is 4.39 Å². The fourth-order valence-electron chi connectivity index (χ4n) is 1.56. The van der Waals surface area contributed by atoms with Gasteiger partial charge in [-0.25, -0.2) is 4.39 Å². The number of nitrogens with zero attached hydrogens (tertiary/aromatic N) is 2. The lowest BCUT2D eigenvalue weighted by atomic mass is 10.1. The molecule has 0 unspecified atom stereocenters. The van der Waals surface area contributed by atoms with E-state index < -0.39 is 5.82 Å². The normalized spacial score (nSPS) is 10.4. The average Bonchev–Trinajstić information content (AvgIpc) is 2.86. The number of halogens is 1. The highest BCUT2D eigenvalue weighted by molar-refractivity contribution is 5.71. The van der Waals surface area contributed by atoms with E-state index in [1.165, 1.54) is 26.4 Å². The predicted molar refractivity (Wildman–Crippen MR) is 60.7 cm³/mol. The molecule has 1 aromatic carbocycles. The van der Waals surface area contributed by atoms with Crippen LogP contribution in [0.2, 0.25) is 0 Å². The molecular formula is C11H12FN3O3. The van der Waals surface area contributed by atoms with Crippen molar-refractivity contribution in [2.45, 2.75) is 6.54 Å². The zero-order valence-corrected chi connectivity index (χ0v) is 9.94. The maximum atomic E-state index is 13.6. The van der Waals surface area contributed by atoms with Gasteiger partial charge in [-0.3, -0.25) is 0 Å². The van der Waals surface area contributed by atoms with Crippen molar-refractivity contribution in [3.05, 3.63) is 23.8 Å². The molecule has 0 saturated carbocycles. The van der Waals surface area contributed by atoms with Gasteiger partial charge in [-0.15, -0.1) is 0 Å². The largest absolute Gasteiger partial charge is 0.496 e. The minimum atomic E-state index is -0.535. The summed E-state index contributed by atoms with van der Waals surface area (Å²) in [4.78, 5) is 4.03. The molecule has 0 bridgehead atoms. The number of hydrogen-bond acceptors (Lipinski definition) is 6. The summed E-state index contributed by atoms with van der Waals surface area (Å²) >= 11 is 0. The molecule has 1 aromatic heterocycles. The Morgan fingerprint density at radius 1 is 1.33 bits per heavy atom. The Labute approximate surface area is 103 Å². The van der Waals surface area contributed by atoms with Gasteiger partial charge in [0, 0.05) is 0 Å². The van der Waals surface area contributed by atoms with Gasteiger partial charge in [0.25, 0.3) is 0 Å². The molecule has 0 radical (unpaired) electrons. The fraction of sp³-hybridized carbons (Fsp3) is 0.273. The minimum absolute atomic E-state index is 0.00118. The van der Waals surface area contributed by atoms with Crippen LogP contribution in [-0.4, -0.2) is 24.4 Å². The van der Waals surface area contributed by atoms with E-state index in [4.69, 9.17) is 19.7 Å². The Morgan fingerprint density at radius 3 is 2.67 bits per heavy atom. The zero-order valence-electron chi connectivity index (χ0n) is 9.94. The second-order valence-corrected chi connectivity index (χ2v) is 3.37. The van der Waals surface area contributed by atoms with E-state index in [1.54, 1.807) is 0 Å². The Morgan fingerprint density at radius 2 is 2.11 bits per heavy atom. The van der Waals surface area contributed by atoms with E-state index in [9.17, 15) is 4.39 Å². The molecule has 0 atom stereocenters. The van der Waals surface area contributed by atoms with Gasteiger partial charge >= 0.3 is 0 Å². The molecule has 18 heavy (non-hydrogen) atoms. The van der Waals surface area contributed by atoms with E-state index in [0.29, 0.717) is 11.3 Å². The molecule has 0 aliphatic rings. The maximum absolute atomic E-state index is 13.6. The van der Waals surface area contributed by atoms with Crippen molar-refractivity contribution >= 4 is 0 Å². The number of rotatable bonds is 4. The highest BCUT2D eigenvalue weighted by Crippen LogP contribution is 2.38. The van der Waals surface area contributed by atoms with Gasteiger partial charge < -0.3 is 19.7 Å². The third-order valence-corrected chi connectivity index (χ3v) is 2.36. The Hall–Kier alpha value is -2.15. The van der Waals surface area contributed by atoms with Gasteiger partial charge in [0.05, 0.1) is 20.8 Å². The van der Waals surface area contributed by atoms with E-state index >= 15 is 0 Å². The topological polar surface area (TPSA) is 83.4 Å². The molecule has 96 valence electrons. The summed E-state index contributed by atoms with van der Waals surface area (Å²) in [5, 5.41) is 3.72. The van der Waals surface area contributed by atoms with Gasteiger partial charge in [0.2, 0.25) is 11.7 Å². The third kappa shape index (κ3) is 2.00. The van der Waals surface area contributed by atoms with Gasteiger partial charge in [-0.1, -0.05) is 5.16 Å². The first-order valence-electron chi connectivity index (χ1n) is 5.14.